The van der Waals surface area contributed by atoms with Crippen LogP contribution in [0.4, 0.5) is 5.69 Å². The fourth-order valence-corrected chi connectivity index (χ4v) is 2.73. The number of carbonyl (C=O) groups is 2. The number of benzene rings is 1. The van der Waals surface area contributed by atoms with Crippen molar-refractivity contribution in [2.24, 2.45) is 0 Å². The average molecular weight is 418 g/mol. The molecule has 0 radical (unpaired) electrons. The number of halogens is 1. The zero-order chi connectivity index (χ0) is 18.5. The van der Waals surface area contributed by atoms with Crippen molar-refractivity contribution in [3.8, 4) is 0 Å². The maximum Gasteiger partial charge on any atom is 0.356 e. The van der Waals surface area contributed by atoms with Gasteiger partial charge in [0.1, 0.15) is 0 Å². The fraction of sp³-hybridized carbons (Fsp3) is 0.176. The van der Waals surface area contributed by atoms with E-state index < -0.39 is 5.97 Å². The highest BCUT2D eigenvalue weighted by Gasteiger charge is 2.08. The summed E-state index contributed by atoms with van der Waals surface area (Å²) in [7, 11) is 0. The minimum atomic E-state index is -1.09. The highest BCUT2D eigenvalue weighted by atomic mass is 79.9. The van der Waals surface area contributed by atoms with Gasteiger partial charge in [-0.05, 0) is 39.7 Å². The number of nitrogens with one attached hydrogen (secondary N) is 1. The molecule has 1 amide bonds. The van der Waals surface area contributed by atoms with Gasteiger partial charge in [0.15, 0.2) is 5.69 Å². The molecule has 0 aliphatic rings. The third kappa shape index (κ3) is 4.79. The van der Waals surface area contributed by atoms with Crippen LogP contribution in [0.2, 0.25) is 0 Å². The number of aromatic carboxylic acids is 1. The monoisotopic (exact) mass is 417 g/mol. The number of amides is 1. The Bertz CT molecular complexity index is 934. The predicted molar refractivity (Wildman–Crippen MR) is 97.9 cm³/mol. The molecule has 3 rings (SSSR count). The maximum absolute atomic E-state index is 12.1. The van der Waals surface area contributed by atoms with Crippen LogP contribution in [-0.4, -0.2) is 36.5 Å². The van der Waals surface area contributed by atoms with Gasteiger partial charge >= 0.3 is 5.97 Å². The summed E-state index contributed by atoms with van der Waals surface area (Å²) in [6, 6.07) is 8.94. The molecular formula is C17H16BrN5O3. The molecule has 2 N–H and O–H groups in total. The van der Waals surface area contributed by atoms with Crippen LogP contribution in [-0.2, 0) is 17.9 Å². The molecule has 0 saturated carbocycles. The zero-order valence-electron chi connectivity index (χ0n) is 13.7. The number of carboxylic acids is 1. The number of anilines is 1. The summed E-state index contributed by atoms with van der Waals surface area (Å²) in [5, 5.41) is 19.8. The van der Waals surface area contributed by atoms with E-state index in [1.54, 1.807) is 17.1 Å². The van der Waals surface area contributed by atoms with Gasteiger partial charge in [0.2, 0.25) is 5.91 Å². The van der Waals surface area contributed by atoms with Crippen LogP contribution < -0.4 is 5.32 Å². The maximum atomic E-state index is 12.1. The molecule has 0 unspecified atom stereocenters. The van der Waals surface area contributed by atoms with E-state index in [-0.39, 0.29) is 18.0 Å². The second-order valence-electron chi connectivity index (χ2n) is 5.62. The summed E-state index contributed by atoms with van der Waals surface area (Å²) >= 11 is 3.36. The van der Waals surface area contributed by atoms with Crippen LogP contribution in [0.15, 0.2) is 53.4 Å². The number of rotatable bonds is 7. The Kier molecular flexibility index (Phi) is 5.47. The van der Waals surface area contributed by atoms with Crippen LogP contribution >= 0.6 is 15.9 Å². The average Bonchev–Trinajstić information content (AvgIpc) is 3.22. The molecule has 8 nitrogen and oxygen atoms in total. The smallest absolute Gasteiger partial charge is 0.356 e. The molecule has 0 fully saturated rings. The van der Waals surface area contributed by atoms with Crippen LogP contribution in [0.25, 0.3) is 0 Å². The Morgan fingerprint density at radius 2 is 2.08 bits per heavy atom. The second kappa shape index (κ2) is 7.96. The third-order valence-electron chi connectivity index (χ3n) is 3.58. The van der Waals surface area contributed by atoms with Crippen molar-refractivity contribution < 1.29 is 14.7 Å². The predicted octanol–water partition coefficient (Wildman–Crippen LogP) is 2.62. The number of aromatic nitrogens is 4. The number of nitrogens with zero attached hydrogens (tertiary/aromatic N) is 4. The molecule has 2 heterocycles. The van der Waals surface area contributed by atoms with E-state index >= 15 is 0 Å². The zero-order valence-corrected chi connectivity index (χ0v) is 15.3. The lowest BCUT2D eigenvalue weighted by Crippen LogP contribution is -2.15. The number of hydrogen-bond donors (Lipinski definition) is 2. The van der Waals surface area contributed by atoms with Crippen molar-refractivity contribution in [3.05, 3.63) is 64.7 Å². The Morgan fingerprint density at radius 3 is 2.77 bits per heavy atom. The lowest BCUT2D eigenvalue weighted by atomic mass is 10.2. The molecule has 0 spiro atoms. The van der Waals surface area contributed by atoms with Gasteiger partial charge < -0.3 is 10.4 Å². The third-order valence-corrected chi connectivity index (χ3v) is 3.99. The molecular weight excluding hydrogens is 402 g/mol. The molecule has 9 heteroatoms. The van der Waals surface area contributed by atoms with Gasteiger partial charge in [-0.25, -0.2) is 4.79 Å². The van der Waals surface area contributed by atoms with Crippen molar-refractivity contribution in [2.75, 3.05) is 5.32 Å². The van der Waals surface area contributed by atoms with E-state index in [2.05, 4.69) is 31.4 Å². The van der Waals surface area contributed by atoms with E-state index in [4.69, 9.17) is 5.11 Å². The van der Waals surface area contributed by atoms with Gasteiger partial charge in [-0.15, -0.1) is 0 Å². The van der Waals surface area contributed by atoms with Gasteiger partial charge in [-0.3, -0.25) is 14.2 Å². The van der Waals surface area contributed by atoms with Gasteiger partial charge in [-0.1, -0.05) is 12.1 Å². The molecule has 0 bridgehead atoms. The first-order valence-corrected chi connectivity index (χ1v) is 8.62. The molecule has 2 aromatic heterocycles. The molecule has 0 atom stereocenters. The van der Waals surface area contributed by atoms with Gasteiger partial charge in [0.05, 0.1) is 17.2 Å². The van der Waals surface area contributed by atoms with Crippen molar-refractivity contribution in [1.29, 1.82) is 0 Å². The van der Waals surface area contributed by atoms with Crippen molar-refractivity contribution >= 4 is 33.5 Å². The summed E-state index contributed by atoms with van der Waals surface area (Å²) in [4.78, 5) is 22.9. The summed E-state index contributed by atoms with van der Waals surface area (Å²) in [5.74, 6) is -1.26. The topological polar surface area (TPSA) is 102 Å². The lowest BCUT2D eigenvalue weighted by molar-refractivity contribution is -0.116. The molecule has 134 valence electrons. The molecule has 0 saturated heterocycles. The van der Waals surface area contributed by atoms with E-state index in [1.807, 2.05) is 30.5 Å². The molecule has 0 aliphatic heterocycles. The normalized spacial score (nSPS) is 10.7. The standard InChI is InChI=1S/C17H16BrN5O3/c18-13-9-19-23(11-13)10-12-2-1-3-14(8-12)20-16(24)5-7-22-6-4-15(21-22)17(25)26/h1-4,6,8-9,11H,5,7,10H2,(H,20,24)(H,25,26). The fourth-order valence-electron chi connectivity index (χ4n) is 2.40. The number of hydrogen-bond acceptors (Lipinski definition) is 4. The second-order valence-corrected chi connectivity index (χ2v) is 6.54. The van der Waals surface area contributed by atoms with Crippen LogP contribution in [0, 0.1) is 0 Å². The molecule has 0 aliphatic carbocycles. The van der Waals surface area contributed by atoms with E-state index in [9.17, 15) is 9.59 Å². The molecule has 1 aromatic carbocycles. The number of carbonyl (C=O) groups excluding carboxylic acids is 1. The van der Waals surface area contributed by atoms with Crippen LogP contribution in [0.5, 0.6) is 0 Å². The first kappa shape index (κ1) is 17.9. The van der Waals surface area contributed by atoms with Crippen molar-refractivity contribution in [1.82, 2.24) is 19.6 Å². The van der Waals surface area contributed by atoms with Crippen molar-refractivity contribution in [2.45, 2.75) is 19.5 Å². The first-order valence-electron chi connectivity index (χ1n) is 7.83. The number of aryl methyl sites for hydroxylation is 1. The Hall–Kier alpha value is -2.94. The first-order chi connectivity index (χ1) is 12.5. The lowest BCUT2D eigenvalue weighted by Gasteiger charge is -2.08. The number of carboxylic acid groups (broad SMARTS) is 1. The van der Waals surface area contributed by atoms with Crippen LogP contribution in [0.3, 0.4) is 0 Å². The van der Waals surface area contributed by atoms with Gasteiger partial charge in [0.25, 0.3) is 0 Å². The largest absolute Gasteiger partial charge is 0.476 e. The summed E-state index contributed by atoms with van der Waals surface area (Å²) in [5.41, 5.74) is 1.67. The van der Waals surface area contributed by atoms with Gasteiger partial charge in [-0.2, -0.15) is 10.2 Å². The Morgan fingerprint density at radius 1 is 1.23 bits per heavy atom. The minimum Gasteiger partial charge on any atom is -0.476 e. The van der Waals surface area contributed by atoms with Crippen LogP contribution in [0.1, 0.15) is 22.5 Å². The highest BCUT2D eigenvalue weighted by molar-refractivity contribution is 9.10. The van der Waals surface area contributed by atoms with E-state index in [0.29, 0.717) is 18.8 Å². The molecule has 26 heavy (non-hydrogen) atoms. The van der Waals surface area contributed by atoms with Crippen molar-refractivity contribution in [3.63, 3.8) is 0 Å². The van der Waals surface area contributed by atoms with Gasteiger partial charge in [0, 0.05) is 31.0 Å². The minimum absolute atomic E-state index is 0.0385. The summed E-state index contributed by atoms with van der Waals surface area (Å²) < 4.78 is 4.14. The highest BCUT2D eigenvalue weighted by Crippen LogP contribution is 2.14. The molecule has 3 aromatic rings. The SMILES string of the molecule is O=C(CCn1ccc(C(=O)O)n1)Nc1cccc(Cn2cc(Br)cn2)c1. The van der Waals surface area contributed by atoms with E-state index in [0.717, 1.165) is 10.0 Å². The summed E-state index contributed by atoms with van der Waals surface area (Å²) in [6.07, 6.45) is 5.33. The summed E-state index contributed by atoms with van der Waals surface area (Å²) in [6.45, 7) is 0.903. The Balaban J connectivity index is 1.55. The Labute approximate surface area is 157 Å². The van der Waals surface area contributed by atoms with E-state index in [1.165, 1.54) is 10.7 Å². The quantitative estimate of drug-likeness (QED) is 0.614.